The average Bonchev–Trinajstić information content (AvgIpc) is 2.32. The van der Waals surface area contributed by atoms with Crippen LogP contribution in [0.25, 0.3) is 0 Å². The highest BCUT2D eigenvalue weighted by molar-refractivity contribution is 5.55. The smallest absolute Gasteiger partial charge is 0.0741 e. The van der Waals surface area contributed by atoms with Gasteiger partial charge in [0, 0.05) is 24.3 Å². The van der Waals surface area contributed by atoms with E-state index in [1.54, 1.807) is 0 Å². The second kappa shape index (κ2) is 5.07. The molecule has 2 rings (SSSR count). The molecule has 0 spiro atoms. The molecule has 0 saturated carbocycles. The summed E-state index contributed by atoms with van der Waals surface area (Å²) in [5, 5.41) is 19.3. The van der Waals surface area contributed by atoms with Gasteiger partial charge in [-0.2, -0.15) is 0 Å². The number of anilines is 1. The Morgan fingerprint density at radius 2 is 2.18 bits per heavy atom. The van der Waals surface area contributed by atoms with Crippen LogP contribution >= 0.6 is 0 Å². The van der Waals surface area contributed by atoms with Gasteiger partial charge in [0.25, 0.3) is 0 Å². The highest BCUT2D eigenvalue weighted by Crippen LogP contribution is 2.27. The van der Waals surface area contributed by atoms with Crippen molar-refractivity contribution in [3.63, 3.8) is 0 Å². The lowest BCUT2D eigenvalue weighted by atomic mass is 9.95. The SMILES string of the molecule is Cc1ccc(N2CCC(C)C(O)C2)c(CO)c1. The first-order valence-electron chi connectivity index (χ1n) is 6.25. The van der Waals surface area contributed by atoms with E-state index in [-0.39, 0.29) is 12.7 Å². The summed E-state index contributed by atoms with van der Waals surface area (Å²) in [5.74, 6) is 0.370. The Kier molecular flexibility index (Phi) is 3.69. The fraction of sp³-hybridized carbons (Fsp3) is 0.571. The van der Waals surface area contributed by atoms with Gasteiger partial charge < -0.3 is 15.1 Å². The van der Waals surface area contributed by atoms with Crippen LogP contribution in [0.1, 0.15) is 24.5 Å². The number of rotatable bonds is 2. The van der Waals surface area contributed by atoms with Gasteiger partial charge in [-0.15, -0.1) is 0 Å². The summed E-state index contributed by atoms with van der Waals surface area (Å²) in [4.78, 5) is 2.18. The molecule has 0 aromatic heterocycles. The number of aliphatic hydroxyl groups is 2. The topological polar surface area (TPSA) is 43.7 Å². The van der Waals surface area contributed by atoms with Crippen molar-refractivity contribution in [1.29, 1.82) is 0 Å². The largest absolute Gasteiger partial charge is 0.392 e. The monoisotopic (exact) mass is 235 g/mol. The molecule has 1 aliphatic heterocycles. The third-order valence-electron chi connectivity index (χ3n) is 3.66. The molecular formula is C14H21NO2. The minimum absolute atomic E-state index is 0.0547. The first-order chi connectivity index (χ1) is 8.11. The average molecular weight is 235 g/mol. The lowest BCUT2D eigenvalue weighted by Crippen LogP contribution is -2.43. The number of piperidine rings is 1. The zero-order valence-corrected chi connectivity index (χ0v) is 10.6. The van der Waals surface area contributed by atoms with Crippen molar-refractivity contribution in [2.45, 2.75) is 33.0 Å². The third-order valence-corrected chi connectivity index (χ3v) is 3.66. The Morgan fingerprint density at radius 1 is 1.41 bits per heavy atom. The lowest BCUT2D eigenvalue weighted by Gasteiger charge is -2.36. The number of aliphatic hydroxyl groups excluding tert-OH is 2. The molecule has 0 radical (unpaired) electrons. The number of nitrogens with zero attached hydrogens (tertiary/aromatic N) is 1. The molecule has 1 heterocycles. The minimum Gasteiger partial charge on any atom is -0.392 e. The van der Waals surface area contributed by atoms with Crippen molar-refractivity contribution in [3.05, 3.63) is 29.3 Å². The molecule has 3 heteroatoms. The maximum absolute atomic E-state index is 9.92. The van der Waals surface area contributed by atoms with Crippen LogP contribution in [-0.2, 0) is 6.61 Å². The van der Waals surface area contributed by atoms with E-state index in [9.17, 15) is 10.2 Å². The molecule has 1 aromatic carbocycles. The molecule has 2 N–H and O–H groups in total. The lowest BCUT2D eigenvalue weighted by molar-refractivity contribution is 0.103. The molecule has 0 amide bonds. The summed E-state index contributed by atoms with van der Waals surface area (Å²) in [7, 11) is 0. The Morgan fingerprint density at radius 3 is 2.82 bits per heavy atom. The summed E-state index contributed by atoms with van der Waals surface area (Å²) in [6.07, 6.45) is 0.733. The summed E-state index contributed by atoms with van der Waals surface area (Å²) < 4.78 is 0. The second-order valence-electron chi connectivity index (χ2n) is 5.07. The summed E-state index contributed by atoms with van der Waals surface area (Å²) in [6.45, 7) is 5.78. The Balaban J connectivity index is 2.22. The Labute approximate surface area is 103 Å². The number of benzene rings is 1. The molecule has 1 aliphatic rings. The van der Waals surface area contributed by atoms with E-state index in [0.717, 1.165) is 29.8 Å². The van der Waals surface area contributed by atoms with Crippen LogP contribution in [0.3, 0.4) is 0 Å². The van der Waals surface area contributed by atoms with Crippen molar-refractivity contribution >= 4 is 5.69 Å². The Bertz CT molecular complexity index is 392. The normalized spacial score (nSPS) is 25.1. The van der Waals surface area contributed by atoms with Crippen molar-refractivity contribution in [1.82, 2.24) is 0 Å². The number of hydrogen-bond donors (Lipinski definition) is 2. The summed E-state index contributed by atoms with van der Waals surface area (Å²) >= 11 is 0. The number of aryl methyl sites for hydroxylation is 1. The predicted molar refractivity (Wildman–Crippen MR) is 69.1 cm³/mol. The number of β-amino-alcohol motifs (C(OH)–C–C–N with tert-alkyl or cyclic N) is 1. The van der Waals surface area contributed by atoms with E-state index >= 15 is 0 Å². The molecule has 1 aromatic rings. The predicted octanol–water partition coefficient (Wildman–Crippen LogP) is 1.69. The molecule has 2 unspecified atom stereocenters. The van der Waals surface area contributed by atoms with Crippen molar-refractivity contribution < 1.29 is 10.2 Å². The van der Waals surface area contributed by atoms with E-state index in [4.69, 9.17) is 0 Å². The molecule has 94 valence electrons. The highest BCUT2D eigenvalue weighted by Gasteiger charge is 2.25. The molecular weight excluding hydrogens is 214 g/mol. The van der Waals surface area contributed by atoms with Crippen LogP contribution in [0.15, 0.2) is 18.2 Å². The maximum Gasteiger partial charge on any atom is 0.0741 e. The van der Waals surface area contributed by atoms with E-state index in [1.165, 1.54) is 0 Å². The molecule has 2 atom stereocenters. The van der Waals surface area contributed by atoms with Gasteiger partial charge in [0.1, 0.15) is 0 Å². The van der Waals surface area contributed by atoms with Crippen LogP contribution in [0.2, 0.25) is 0 Å². The maximum atomic E-state index is 9.92. The van der Waals surface area contributed by atoms with Gasteiger partial charge in [-0.05, 0) is 25.3 Å². The van der Waals surface area contributed by atoms with E-state index in [1.807, 2.05) is 19.1 Å². The summed E-state index contributed by atoms with van der Waals surface area (Å²) in [6, 6.07) is 6.11. The van der Waals surface area contributed by atoms with Gasteiger partial charge in [0.2, 0.25) is 0 Å². The standard InChI is InChI=1S/C14H21NO2/c1-10-3-4-13(12(7-10)9-16)15-6-5-11(2)14(17)8-15/h3-4,7,11,14,16-17H,5-6,8-9H2,1-2H3. The fourth-order valence-corrected chi connectivity index (χ4v) is 2.42. The van der Waals surface area contributed by atoms with Crippen LogP contribution in [0, 0.1) is 12.8 Å². The fourth-order valence-electron chi connectivity index (χ4n) is 2.42. The van der Waals surface area contributed by atoms with Crippen molar-refractivity contribution in [3.8, 4) is 0 Å². The van der Waals surface area contributed by atoms with Gasteiger partial charge in [0.15, 0.2) is 0 Å². The van der Waals surface area contributed by atoms with E-state index < -0.39 is 0 Å². The van der Waals surface area contributed by atoms with Gasteiger partial charge >= 0.3 is 0 Å². The molecule has 1 fully saturated rings. The van der Waals surface area contributed by atoms with Crippen molar-refractivity contribution in [2.75, 3.05) is 18.0 Å². The van der Waals surface area contributed by atoms with Gasteiger partial charge in [-0.25, -0.2) is 0 Å². The number of hydrogen-bond acceptors (Lipinski definition) is 3. The zero-order chi connectivity index (χ0) is 12.4. The van der Waals surface area contributed by atoms with Gasteiger partial charge in [-0.1, -0.05) is 24.6 Å². The molecule has 17 heavy (non-hydrogen) atoms. The first kappa shape index (κ1) is 12.4. The van der Waals surface area contributed by atoms with E-state index in [2.05, 4.69) is 17.9 Å². The van der Waals surface area contributed by atoms with Crippen LogP contribution < -0.4 is 4.90 Å². The van der Waals surface area contributed by atoms with Crippen molar-refractivity contribution in [2.24, 2.45) is 5.92 Å². The highest BCUT2D eigenvalue weighted by atomic mass is 16.3. The molecule has 3 nitrogen and oxygen atoms in total. The molecule has 0 aliphatic carbocycles. The summed E-state index contributed by atoms with van der Waals surface area (Å²) in [5.41, 5.74) is 3.17. The van der Waals surface area contributed by atoms with Gasteiger partial charge in [-0.3, -0.25) is 0 Å². The quantitative estimate of drug-likeness (QED) is 0.820. The molecule has 0 bridgehead atoms. The second-order valence-corrected chi connectivity index (χ2v) is 5.07. The van der Waals surface area contributed by atoms with E-state index in [0.29, 0.717) is 12.5 Å². The Hall–Kier alpha value is -1.06. The minimum atomic E-state index is -0.267. The van der Waals surface area contributed by atoms with Gasteiger partial charge in [0.05, 0.1) is 12.7 Å². The third kappa shape index (κ3) is 2.61. The van der Waals surface area contributed by atoms with Crippen LogP contribution in [0.4, 0.5) is 5.69 Å². The zero-order valence-electron chi connectivity index (χ0n) is 10.6. The van der Waals surface area contributed by atoms with Crippen LogP contribution in [-0.4, -0.2) is 29.4 Å². The molecule has 1 saturated heterocycles. The van der Waals surface area contributed by atoms with Crippen LogP contribution in [0.5, 0.6) is 0 Å². The first-order valence-corrected chi connectivity index (χ1v) is 6.25.